The van der Waals surface area contributed by atoms with Crippen LogP contribution in [0.1, 0.15) is 30.0 Å². The van der Waals surface area contributed by atoms with Crippen molar-refractivity contribution in [3.8, 4) is 0 Å². The molecule has 4 nitrogen and oxygen atoms in total. The fourth-order valence-corrected chi connectivity index (χ4v) is 2.34. The number of carbonyl (C=O) groups excluding carboxylic acids is 1. The van der Waals surface area contributed by atoms with Gasteiger partial charge in [0.25, 0.3) is 0 Å². The lowest BCUT2D eigenvalue weighted by molar-refractivity contribution is 0.0686. The van der Waals surface area contributed by atoms with Crippen LogP contribution in [-0.4, -0.2) is 28.8 Å². The summed E-state index contributed by atoms with van der Waals surface area (Å²) in [5.74, 6) is 0.0711. The largest absolute Gasteiger partial charge is 0.351 e. The number of carbonyl (C=O) groups is 1. The van der Waals surface area contributed by atoms with E-state index < -0.39 is 12.3 Å². The van der Waals surface area contributed by atoms with Gasteiger partial charge < -0.3 is 5.73 Å². The van der Waals surface area contributed by atoms with E-state index in [1.165, 1.54) is 0 Å². The molecule has 2 atom stereocenters. The number of urea groups is 1. The van der Waals surface area contributed by atoms with E-state index in [1.807, 2.05) is 19.1 Å². The molecule has 0 aromatic carbocycles. The second kappa shape index (κ2) is 4.69. The third-order valence-electron chi connectivity index (χ3n) is 3.26. The number of rotatable bonds is 1. The molecule has 1 aliphatic heterocycles. The van der Waals surface area contributed by atoms with E-state index in [0.29, 0.717) is 13.0 Å². The number of aromatic nitrogens is 1. The van der Waals surface area contributed by atoms with E-state index in [4.69, 9.17) is 5.73 Å². The van der Waals surface area contributed by atoms with Crippen molar-refractivity contribution in [2.45, 2.75) is 32.0 Å². The molecule has 0 bridgehead atoms. The van der Waals surface area contributed by atoms with Crippen LogP contribution >= 0.6 is 0 Å². The highest BCUT2D eigenvalue weighted by molar-refractivity contribution is 5.72. The highest BCUT2D eigenvalue weighted by Gasteiger charge is 2.32. The van der Waals surface area contributed by atoms with Gasteiger partial charge in [-0.1, -0.05) is 6.07 Å². The molecule has 0 radical (unpaired) electrons. The van der Waals surface area contributed by atoms with Crippen molar-refractivity contribution in [2.24, 2.45) is 5.73 Å². The van der Waals surface area contributed by atoms with E-state index in [-0.39, 0.29) is 12.3 Å². The van der Waals surface area contributed by atoms with E-state index >= 15 is 0 Å². The van der Waals surface area contributed by atoms with Crippen molar-refractivity contribution in [2.75, 3.05) is 6.54 Å². The van der Waals surface area contributed by atoms with Crippen molar-refractivity contribution in [1.82, 2.24) is 9.88 Å². The standard InChI is InChI=1S/C12H16FN3O/c1-8-3-2-5-15-11(8)9-4-6-16(12(14)17)10(13)7-9/h2-3,5,9-10H,4,6-7H2,1H3,(H2,14,17). The maximum atomic E-state index is 13.8. The summed E-state index contributed by atoms with van der Waals surface area (Å²) in [5, 5.41) is 0. The van der Waals surface area contributed by atoms with Crippen molar-refractivity contribution in [1.29, 1.82) is 0 Å². The first-order chi connectivity index (χ1) is 8.09. The van der Waals surface area contributed by atoms with Gasteiger partial charge in [0.05, 0.1) is 0 Å². The molecule has 2 heterocycles. The Morgan fingerprint density at radius 3 is 3.00 bits per heavy atom. The number of aryl methyl sites for hydroxylation is 1. The lowest BCUT2D eigenvalue weighted by Gasteiger charge is -2.34. The average Bonchev–Trinajstić information content (AvgIpc) is 2.29. The Balaban J connectivity index is 2.12. The Kier molecular flexibility index (Phi) is 3.26. The molecule has 5 heteroatoms. The van der Waals surface area contributed by atoms with Gasteiger partial charge in [0, 0.05) is 30.8 Å². The third kappa shape index (κ3) is 2.38. The zero-order valence-electron chi connectivity index (χ0n) is 9.77. The summed E-state index contributed by atoms with van der Waals surface area (Å²) < 4.78 is 13.8. The molecule has 17 heavy (non-hydrogen) atoms. The molecule has 1 aliphatic rings. The van der Waals surface area contributed by atoms with Crippen LogP contribution in [0.25, 0.3) is 0 Å². The predicted octanol–water partition coefficient (Wildman–Crippen LogP) is 1.94. The normalized spacial score (nSPS) is 24.7. The lowest BCUT2D eigenvalue weighted by atomic mass is 9.90. The predicted molar refractivity (Wildman–Crippen MR) is 62.1 cm³/mol. The summed E-state index contributed by atoms with van der Waals surface area (Å²) in [7, 11) is 0. The van der Waals surface area contributed by atoms with Gasteiger partial charge in [0.15, 0.2) is 6.30 Å². The number of nitrogens with zero attached hydrogens (tertiary/aromatic N) is 2. The topological polar surface area (TPSA) is 59.2 Å². The van der Waals surface area contributed by atoms with Crippen LogP contribution in [0.15, 0.2) is 18.3 Å². The molecular weight excluding hydrogens is 221 g/mol. The van der Waals surface area contributed by atoms with Crippen molar-refractivity contribution in [3.63, 3.8) is 0 Å². The molecular formula is C12H16FN3O. The number of nitrogens with two attached hydrogens (primary N) is 1. The van der Waals surface area contributed by atoms with Gasteiger partial charge in [-0.05, 0) is 25.0 Å². The summed E-state index contributed by atoms with van der Waals surface area (Å²) >= 11 is 0. The fraction of sp³-hybridized carbons (Fsp3) is 0.500. The molecule has 1 aromatic rings. The van der Waals surface area contributed by atoms with Crippen LogP contribution in [-0.2, 0) is 0 Å². The molecule has 1 fully saturated rings. The molecule has 0 saturated carbocycles. The van der Waals surface area contributed by atoms with E-state index in [9.17, 15) is 9.18 Å². The second-order valence-electron chi connectivity index (χ2n) is 4.39. The summed E-state index contributed by atoms with van der Waals surface area (Å²) in [6.45, 7) is 2.33. The van der Waals surface area contributed by atoms with Crippen molar-refractivity contribution < 1.29 is 9.18 Å². The van der Waals surface area contributed by atoms with Crippen LogP contribution in [0.3, 0.4) is 0 Å². The van der Waals surface area contributed by atoms with Gasteiger partial charge in [0.1, 0.15) is 0 Å². The first kappa shape index (κ1) is 11.8. The maximum absolute atomic E-state index is 13.8. The number of hydrogen-bond donors (Lipinski definition) is 1. The molecule has 2 amide bonds. The number of piperidine rings is 1. The highest BCUT2D eigenvalue weighted by Crippen LogP contribution is 2.32. The molecule has 1 aromatic heterocycles. The maximum Gasteiger partial charge on any atom is 0.317 e. The van der Waals surface area contributed by atoms with Gasteiger partial charge in [0.2, 0.25) is 0 Å². The SMILES string of the molecule is Cc1cccnc1C1CCN(C(N)=O)C(F)C1. The van der Waals surface area contributed by atoms with Gasteiger partial charge in [-0.2, -0.15) is 0 Å². The second-order valence-corrected chi connectivity index (χ2v) is 4.39. The Morgan fingerprint density at radius 2 is 2.41 bits per heavy atom. The summed E-state index contributed by atoms with van der Waals surface area (Å²) in [6.07, 6.45) is 1.41. The molecule has 92 valence electrons. The number of primary amides is 1. The first-order valence-electron chi connectivity index (χ1n) is 5.71. The summed E-state index contributed by atoms with van der Waals surface area (Å²) in [6, 6.07) is 3.15. The minimum absolute atomic E-state index is 0.0711. The molecule has 2 unspecified atom stereocenters. The Bertz CT molecular complexity index is 424. The minimum atomic E-state index is -1.30. The number of alkyl halides is 1. The van der Waals surface area contributed by atoms with Crippen LogP contribution in [0, 0.1) is 6.92 Å². The summed E-state index contributed by atoms with van der Waals surface area (Å²) in [4.78, 5) is 16.4. The van der Waals surface area contributed by atoms with Crippen LogP contribution in [0.5, 0.6) is 0 Å². The molecule has 2 rings (SSSR count). The monoisotopic (exact) mass is 237 g/mol. The van der Waals surface area contributed by atoms with Gasteiger partial charge in [-0.25, -0.2) is 9.18 Å². The number of halogens is 1. The zero-order valence-corrected chi connectivity index (χ0v) is 9.77. The quantitative estimate of drug-likeness (QED) is 0.759. The van der Waals surface area contributed by atoms with E-state index in [1.54, 1.807) is 6.20 Å². The average molecular weight is 237 g/mol. The summed E-state index contributed by atoms with van der Waals surface area (Å²) in [5.41, 5.74) is 7.10. The molecule has 1 saturated heterocycles. The Morgan fingerprint density at radius 1 is 1.65 bits per heavy atom. The Hall–Kier alpha value is -1.65. The Labute approximate surface area is 99.6 Å². The molecule has 2 N–H and O–H groups in total. The van der Waals surface area contributed by atoms with E-state index in [0.717, 1.165) is 16.2 Å². The van der Waals surface area contributed by atoms with Gasteiger partial charge >= 0.3 is 6.03 Å². The van der Waals surface area contributed by atoms with Crippen LogP contribution in [0.2, 0.25) is 0 Å². The first-order valence-corrected chi connectivity index (χ1v) is 5.71. The smallest absolute Gasteiger partial charge is 0.317 e. The minimum Gasteiger partial charge on any atom is -0.351 e. The zero-order chi connectivity index (χ0) is 12.4. The van der Waals surface area contributed by atoms with E-state index in [2.05, 4.69) is 4.98 Å². The number of pyridine rings is 1. The highest BCUT2D eigenvalue weighted by atomic mass is 19.1. The van der Waals surface area contributed by atoms with Crippen LogP contribution < -0.4 is 5.73 Å². The van der Waals surface area contributed by atoms with Gasteiger partial charge in [-0.3, -0.25) is 9.88 Å². The third-order valence-corrected chi connectivity index (χ3v) is 3.26. The number of hydrogen-bond acceptors (Lipinski definition) is 2. The fourth-order valence-electron chi connectivity index (χ4n) is 2.34. The number of amides is 2. The molecule has 0 spiro atoms. The van der Waals surface area contributed by atoms with Crippen LogP contribution in [0.4, 0.5) is 9.18 Å². The number of likely N-dealkylation sites (tertiary alicyclic amines) is 1. The van der Waals surface area contributed by atoms with Crippen molar-refractivity contribution >= 4 is 6.03 Å². The molecule has 0 aliphatic carbocycles. The van der Waals surface area contributed by atoms with Gasteiger partial charge in [-0.15, -0.1) is 0 Å². The van der Waals surface area contributed by atoms with Crippen molar-refractivity contribution in [3.05, 3.63) is 29.6 Å². The lowest BCUT2D eigenvalue weighted by Crippen LogP contribution is -2.46.